The van der Waals surface area contributed by atoms with Gasteiger partial charge in [-0.15, -0.1) is 0 Å². The normalized spacial score (nSPS) is 14.8. The molecule has 34 heavy (non-hydrogen) atoms. The van der Waals surface area contributed by atoms with Crippen molar-refractivity contribution in [1.82, 2.24) is 10.9 Å². The summed E-state index contributed by atoms with van der Waals surface area (Å²) in [5.41, 5.74) is 5.86. The first-order valence-electron chi connectivity index (χ1n) is 11.8. The summed E-state index contributed by atoms with van der Waals surface area (Å²) in [6, 6.07) is 7.72. The van der Waals surface area contributed by atoms with E-state index >= 15 is 0 Å². The minimum absolute atomic E-state index is 0.0125. The molecular formula is C25H42N2O6S. The van der Waals surface area contributed by atoms with Gasteiger partial charge in [-0.05, 0) is 49.1 Å². The molecule has 0 saturated carbocycles. The van der Waals surface area contributed by atoms with Crippen LogP contribution in [0.2, 0.25) is 0 Å². The van der Waals surface area contributed by atoms with Gasteiger partial charge < -0.3 is 9.84 Å². The number of aliphatic hydroxyl groups excluding tert-OH is 1. The molecule has 0 aliphatic rings. The van der Waals surface area contributed by atoms with E-state index < -0.39 is 20.7 Å². The van der Waals surface area contributed by atoms with Crippen LogP contribution in [0.1, 0.15) is 64.5 Å². The molecule has 1 aromatic carbocycles. The molecule has 9 heteroatoms. The number of sulfone groups is 1. The first-order chi connectivity index (χ1) is 15.8. The van der Waals surface area contributed by atoms with Crippen LogP contribution in [0.3, 0.4) is 0 Å². The fourth-order valence-corrected chi connectivity index (χ4v) is 6.08. The Hall–Kier alpha value is -1.97. The summed E-state index contributed by atoms with van der Waals surface area (Å²) in [6.07, 6.45) is 2.94. The number of nitrogens with one attached hydrogen (secondary N) is 2. The fourth-order valence-electron chi connectivity index (χ4n) is 4.33. The van der Waals surface area contributed by atoms with E-state index in [1.807, 2.05) is 52.0 Å². The smallest absolute Gasteiger partial charge is 0.308 e. The van der Waals surface area contributed by atoms with Crippen LogP contribution < -0.4 is 10.9 Å². The monoisotopic (exact) mass is 498 g/mol. The highest BCUT2D eigenvalue weighted by atomic mass is 32.2. The number of benzene rings is 1. The van der Waals surface area contributed by atoms with Gasteiger partial charge in [0.1, 0.15) is 0 Å². The minimum atomic E-state index is -3.34. The number of hydrogen-bond acceptors (Lipinski definition) is 7. The lowest BCUT2D eigenvalue weighted by Gasteiger charge is -2.31. The Balaban J connectivity index is 3.10. The van der Waals surface area contributed by atoms with Crippen LogP contribution >= 0.6 is 0 Å². The lowest BCUT2D eigenvalue weighted by Crippen LogP contribution is -2.47. The summed E-state index contributed by atoms with van der Waals surface area (Å²) >= 11 is 0. The Bertz CT molecular complexity index is 916. The molecule has 3 N–H and O–H groups in total. The number of carbonyl (C=O) groups is 2. The van der Waals surface area contributed by atoms with Crippen LogP contribution in [-0.2, 0) is 36.0 Å². The summed E-state index contributed by atoms with van der Waals surface area (Å²) in [4.78, 5) is 25.2. The number of hydrogen-bond donors (Lipinski definition) is 3. The van der Waals surface area contributed by atoms with Gasteiger partial charge in [-0.25, -0.2) is 13.8 Å². The van der Waals surface area contributed by atoms with E-state index in [1.54, 1.807) is 7.05 Å². The van der Waals surface area contributed by atoms with Crippen LogP contribution in [0.15, 0.2) is 24.3 Å². The number of methoxy groups -OCH3 is 1. The molecule has 0 heterocycles. The zero-order valence-electron chi connectivity index (χ0n) is 21.4. The van der Waals surface area contributed by atoms with Crippen molar-refractivity contribution in [2.24, 2.45) is 11.3 Å². The second-order valence-corrected chi connectivity index (χ2v) is 12.1. The second-order valence-electron chi connectivity index (χ2n) is 9.90. The number of aliphatic hydroxyl groups is 1. The third-order valence-corrected chi connectivity index (χ3v) is 8.38. The largest absolute Gasteiger partial charge is 0.469 e. The van der Waals surface area contributed by atoms with Crippen LogP contribution in [-0.4, -0.2) is 57.7 Å². The van der Waals surface area contributed by atoms with Gasteiger partial charge in [-0.3, -0.25) is 15.0 Å². The molecule has 0 aromatic heterocycles. The van der Waals surface area contributed by atoms with Gasteiger partial charge in [0.25, 0.3) is 0 Å². The van der Waals surface area contributed by atoms with Gasteiger partial charge >= 0.3 is 5.97 Å². The number of ether oxygens (including phenoxy) is 1. The average Bonchev–Trinajstić information content (AvgIpc) is 2.76. The van der Waals surface area contributed by atoms with Crippen molar-refractivity contribution in [1.29, 1.82) is 0 Å². The predicted molar refractivity (Wildman–Crippen MR) is 134 cm³/mol. The summed E-state index contributed by atoms with van der Waals surface area (Å²) in [6.45, 7) is 7.23. The summed E-state index contributed by atoms with van der Waals surface area (Å²) in [5, 5.41) is 9.00. The van der Waals surface area contributed by atoms with Crippen molar-refractivity contribution in [2.75, 3.05) is 32.3 Å². The maximum absolute atomic E-state index is 13.1. The van der Waals surface area contributed by atoms with Gasteiger partial charge in [0.2, 0.25) is 5.91 Å². The number of carbonyl (C=O) groups excluding carboxylic acids is 2. The molecule has 0 aliphatic carbocycles. The molecule has 8 nitrogen and oxygen atoms in total. The third-order valence-electron chi connectivity index (χ3n) is 6.36. The lowest BCUT2D eigenvalue weighted by atomic mass is 9.75. The fraction of sp³-hybridized carbons (Fsp3) is 0.680. The second kappa shape index (κ2) is 13.2. The molecule has 1 aromatic rings. The summed E-state index contributed by atoms with van der Waals surface area (Å²) < 4.78 is 29.3. The molecule has 0 aliphatic heterocycles. The number of hydrazine groups is 1. The Kier molecular flexibility index (Phi) is 11.7. The number of rotatable bonds is 15. The van der Waals surface area contributed by atoms with E-state index in [2.05, 4.69) is 10.9 Å². The van der Waals surface area contributed by atoms with E-state index in [1.165, 1.54) is 7.11 Å². The standard InChI is InChI=1S/C25H42N2O6S/c1-7-20(22(29)33-6)16-19-10-8-11-21(17-19)25(4,23(30)27-26-5)13-9-12-24(2,3)18-34(31,32)15-14-28/h8,10-11,17,20,26,28H,7,9,12-16,18H2,1-6H3,(H,27,30)/t20-,25+/m0/s1. The maximum atomic E-state index is 13.1. The van der Waals surface area contributed by atoms with Crippen LogP contribution in [0.25, 0.3) is 0 Å². The van der Waals surface area contributed by atoms with Crippen molar-refractivity contribution >= 4 is 21.7 Å². The van der Waals surface area contributed by atoms with E-state index in [0.717, 1.165) is 11.1 Å². The zero-order valence-corrected chi connectivity index (χ0v) is 22.3. The third kappa shape index (κ3) is 9.00. The topological polar surface area (TPSA) is 122 Å². The van der Waals surface area contributed by atoms with E-state index in [-0.39, 0.29) is 35.9 Å². The molecule has 0 radical (unpaired) electrons. The Morgan fingerprint density at radius 3 is 2.41 bits per heavy atom. The van der Waals surface area contributed by atoms with Gasteiger partial charge in [0.05, 0.1) is 36.6 Å². The number of amides is 1. The van der Waals surface area contributed by atoms with Crippen molar-refractivity contribution in [3.05, 3.63) is 35.4 Å². The van der Waals surface area contributed by atoms with Crippen LogP contribution in [0.5, 0.6) is 0 Å². The van der Waals surface area contributed by atoms with Gasteiger partial charge in [-0.1, -0.05) is 51.5 Å². The Morgan fingerprint density at radius 2 is 1.85 bits per heavy atom. The Morgan fingerprint density at radius 1 is 1.18 bits per heavy atom. The predicted octanol–water partition coefficient (Wildman–Crippen LogP) is 2.54. The van der Waals surface area contributed by atoms with Gasteiger partial charge in [0.15, 0.2) is 9.84 Å². The average molecular weight is 499 g/mol. The molecule has 0 unspecified atom stereocenters. The van der Waals surface area contributed by atoms with Crippen molar-refractivity contribution in [2.45, 2.75) is 65.2 Å². The highest BCUT2D eigenvalue weighted by Gasteiger charge is 2.36. The SMILES string of the molecule is CC[C@@H](Cc1cccc([C@@](C)(CCCC(C)(C)CS(=O)(=O)CCO)C(=O)NNC)c1)C(=O)OC. The van der Waals surface area contributed by atoms with Crippen molar-refractivity contribution in [3.8, 4) is 0 Å². The summed E-state index contributed by atoms with van der Waals surface area (Å²) in [7, 11) is -0.321. The molecule has 0 spiro atoms. The number of esters is 1. The van der Waals surface area contributed by atoms with E-state index in [4.69, 9.17) is 9.84 Å². The quantitative estimate of drug-likeness (QED) is 0.251. The van der Waals surface area contributed by atoms with Crippen LogP contribution in [0, 0.1) is 11.3 Å². The zero-order chi connectivity index (χ0) is 26.0. The Labute approximate surface area is 204 Å². The van der Waals surface area contributed by atoms with E-state index in [0.29, 0.717) is 32.1 Å². The summed E-state index contributed by atoms with van der Waals surface area (Å²) in [5.74, 6) is -0.934. The highest BCUT2D eigenvalue weighted by molar-refractivity contribution is 7.91. The van der Waals surface area contributed by atoms with Crippen LogP contribution in [0.4, 0.5) is 0 Å². The molecule has 0 saturated heterocycles. The molecule has 0 bridgehead atoms. The molecule has 1 amide bonds. The van der Waals surface area contributed by atoms with Crippen molar-refractivity contribution < 1.29 is 27.9 Å². The highest BCUT2D eigenvalue weighted by Crippen LogP contribution is 2.34. The molecule has 2 atom stereocenters. The minimum Gasteiger partial charge on any atom is -0.469 e. The molecular weight excluding hydrogens is 456 g/mol. The molecule has 194 valence electrons. The maximum Gasteiger partial charge on any atom is 0.308 e. The van der Waals surface area contributed by atoms with Gasteiger partial charge in [-0.2, -0.15) is 0 Å². The van der Waals surface area contributed by atoms with E-state index in [9.17, 15) is 18.0 Å². The van der Waals surface area contributed by atoms with Crippen molar-refractivity contribution in [3.63, 3.8) is 0 Å². The molecule has 1 rings (SSSR count). The molecule has 0 fully saturated rings. The first kappa shape index (κ1) is 30.1. The first-order valence-corrected chi connectivity index (χ1v) is 13.6. The lowest BCUT2D eigenvalue weighted by molar-refractivity contribution is -0.145. The van der Waals surface area contributed by atoms with Gasteiger partial charge in [0, 0.05) is 7.05 Å².